The number of morpholine rings is 1. The van der Waals surface area contributed by atoms with Crippen molar-refractivity contribution in [1.29, 1.82) is 0 Å². The van der Waals surface area contributed by atoms with Crippen molar-refractivity contribution < 1.29 is 4.74 Å². The Balaban J connectivity index is 1.60. The van der Waals surface area contributed by atoms with E-state index in [0.717, 1.165) is 38.8 Å². The van der Waals surface area contributed by atoms with Gasteiger partial charge in [-0.1, -0.05) is 32.1 Å². The molecule has 0 aromatic heterocycles. The standard InChI is InChI=1S/C16H32N2O/c1-16(2,18-10-12-19-13-11-18)14-17-9-8-15-6-4-3-5-7-15/h15,17H,3-14H2,1-2H3. The summed E-state index contributed by atoms with van der Waals surface area (Å²) in [6, 6.07) is 0. The molecule has 0 amide bonds. The maximum Gasteiger partial charge on any atom is 0.0594 e. The Morgan fingerprint density at radius 1 is 1.11 bits per heavy atom. The van der Waals surface area contributed by atoms with Crippen LogP contribution in [0.2, 0.25) is 0 Å². The highest BCUT2D eigenvalue weighted by molar-refractivity contribution is 4.85. The van der Waals surface area contributed by atoms with E-state index in [0.29, 0.717) is 0 Å². The second-order valence-electron chi connectivity index (χ2n) is 6.88. The lowest BCUT2D eigenvalue weighted by Crippen LogP contribution is -2.54. The Bertz CT molecular complexity index is 243. The molecule has 1 saturated carbocycles. The molecule has 0 spiro atoms. The van der Waals surface area contributed by atoms with Gasteiger partial charge < -0.3 is 10.1 Å². The fourth-order valence-electron chi connectivity index (χ4n) is 3.46. The van der Waals surface area contributed by atoms with E-state index in [1.807, 2.05) is 0 Å². The number of nitrogens with zero attached hydrogens (tertiary/aromatic N) is 1. The maximum absolute atomic E-state index is 5.44. The van der Waals surface area contributed by atoms with Gasteiger partial charge in [-0.3, -0.25) is 4.90 Å². The molecule has 2 rings (SSSR count). The van der Waals surface area contributed by atoms with Crippen LogP contribution in [0.4, 0.5) is 0 Å². The van der Waals surface area contributed by atoms with Gasteiger partial charge in [-0.05, 0) is 32.7 Å². The quantitative estimate of drug-likeness (QED) is 0.750. The van der Waals surface area contributed by atoms with Crippen molar-refractivity contribution in [3.05, 3.63) is 0 Å². The normalized spacial score (nSPS) is 23.7. The first-order valence-corrected chi connectivity index (χ1v) is 8.22. The minimum absolute atomic E-state index is 0.260. The van der Waals surface area contributed by atoms with Gasteiger partial charge in [-0.2, -0.15) is 0 Å². The fraction of sp³-hybridized carbons (Fsp3) is 1.00. The molecule has 1 aliphatic carbocycles. The van der Waals surface area contributed by atoms with Crippen LogP contribution in [0.1, 0.15) is 52.4 Å². The first-order valence-electron chi connectivity index (χ1n) is 8.22. The summed E-state index contributed by atoms with van der Waals surface area (Å²) in [6.45, 7) is 10.9. The van der Waals surface area contributed by atoms with Crippen LogP contribution in [0.25, 0.3) is 0 Å². The minimum atomic E-state index is 0.260. The molecular formula is C16H32N2O. The molecular weight excluding hydrogens is 236 g/mol. The smallest absolute Gasteiger partial charge is 0.0594 e. The Morgan fingerprint density at radius 3 is 2.47 bits per heavy atom. The van der Waals surface area contributed by atoms with Crippen molar-refractivity contribution in [2.24, 2.45) is 5.92 Å². The molecule has 0 aromatic rings. The van der Waals surface area contributed by atoms with Gasteiger partial charge in [0, 0.05) is 25.2 Å². The highest BCUT2D eigenvalue weighted by atomic mass is 16.5. The van der Waals surface area contributed by atoms with Crippen LogP contribution in [-0.4, -0.2) is 49.8 Å². The van der Waals surface area contributed by atoms with E-state index in [-0.39, 0.29) is 5.54 Å². The van der Waals surface area contributed by atoms with E-state index in [1.54, 1.807) is 0 Å². The van der Waals surface area contributed by atoms with Gasteiger partial charge in [-0.15, -0.1) is 0 Å². The Morgan fingerprint density at radius 2 is 1.79 bits per heavy atom. The first kappa shape index (κ1) is 15.3. The van der Waals surface area contributed by atoms with Crippen LogP contribution in [-0.2, 0) is 4.74 Å². The van der Waals surface area contributed by atoms with Gasteiger partial charge in [0.05, 0.1) is 13.2 Å². The van der Waals surface area contributed by atoms with Crippen LogP contribution in [0.5, 0.6) is 0 Å². The second-order valence-corrected chi connectivity index (χ2v) is 6.88. The Labute approximate surface area is 119 Å². The Kier molecular flexibility index (Phi) is 6.11. The summed E-state index contributed by atoms with van der Waals surface area (Å²) < 4.78 is 5.44. The van der Waals surface area contributed by atoms with Gasteiger partial charge in [-0.25, -0.2) is 0 Å². The average molecular weight is 268 g/mol. The van der Waals surface area contributed by atoms with E-state index in [2.05, 4.69) is 24.1 Å². The summed E-state index contributed by atoms with van der Waals surface area (Å²) in [5.41, 5.74) is 0.260. The summed E-state index contributed by atoms with van der Waals surface area (Å²) in [4.78, 5) is 2.56. The third-order valence-corrected chi connectivity index (χ3v) is 4.88. The SMILES string of the molecule is CC(C)(CNCCC1CCCCC1)N1CCOCC1. The molecule has 1 aliphatic heterocycles. The van der Waals surface area contributed by atoms with Gasteiger partial charge in [0.15, 0.2) is 0 Å². The zero-order chi connectivity index (χ0) is 13.6. The molecule has 3 heteroatoms. The zero-order valence-electron chi connectivity index (χ0n) is 12.9. The monoisotopic (exact) mass is 268 g/mol. The van der Waals surface area contributed by atoms with Crippen LogP contribution in [0, 0.1) is 5.92 Å². The van der Waals surface area contributed by atoms with Crippen LogP contribution >= 0.6 is 0 Å². The molecule has 2 fully saturated rings. The Hall–Kier alpha value is -0.120. The molecule has 1 saturated heterocycles. The highest BCUT2D eigenvalue weighted by Gasteiger charge is 2.27. The van der Waals surface area contributed by atoms with E-state index in [4.69, 9.17) is 4.74 Å². The van der Waals surface area contributed by atoms with E-state index < -0.39 is 0 Å². The summed E-state index contributed by atoms with van der Waals surface area (Å²) >= 11 is 0. The lowest BCUT2D eigenvalue weighted by molar-refractivity contribution is -0.00961. The molecule has 112 valence electrons. The molecule has 19 heavy (non-hydrogen) atoms. The second kappa shape index (κ2) is 7.61. The average Bonchev–Trinajstić information content (AvgIpc) is 2.46. The molecule has 0 bridgehead atoms. The van der Waals surface area contributed by atoms with E-state index in [1.165, 1.54) is 45.1 Å². The molecule has 3 nitrogen and oxygen atoms in total. The van der Waals surface area contributed by atoms with Gasteiger partial charge >= 0.3 is 0 Å². The van der Waals surface area contributed by atoms with E-state index in [9.17, 15) is 0 Å². The van der Waals surface area contributed by atoms with Crippen molar-refractivity contribution in [3.63, 3.8) is 0 Å². The third-order valence-electron chi connectivity index (χ3n) is 4.88. The van der Waals surface area contributed by atoms with Crippen LogP contribution < -0.4 is 5.32 Å². The summed E-state index contributed by atoms with van der Waals surface area (Å²) in [6.07, 6.45) is 8.70. The van der Waals surface area contributed by atoms with Crippen LogP contribution in [0.3, 0.4) is 0 Å². The van der Waals surface area contributed by atoms with Crippen molar-refractivity contribution >= 4 is 0 Å². The summed E-state index contributed by atoms with van der Waals surface area (Å²) in [5.74, 6) is 0.993. The number of nitrogens with one attached hydrogen (secondary N) is 1. The van der Waals surface area contributed by atoms with Gasteiger partial charge in [0.25, 0.3) is 0 Å². The molecule has 2 aliphatic rings. The topological polar surface area (TPSA) is 24.5 Å². The third kappa shape index (κ3) is 5.05. The molecule has 1 N–H and O–H groups in total. The summed E-state index contributed by atoms with van der Waals surface area (Å²) in [7, 11) is 0. The molecule has 0 atom stereocenters. The van der Waals surface area contributed by atoms with Crippen molar-refractivity contribution in [3.8, 4) is 0 Å². The molecule has 1 heterocycles. The molecule has 0 unspecified atom stereocenters. The zero-order valence-corrected chi connectivity index (χ0v) is 12.9. The largest absolute Gasteiger partial charge is 0.379 e. The molecule has 0 aromatic carbocycles. The minimum Gasteiger partial charge on any atom is -0.379 e. The fourth-order valence-corrected chi connectivity index (χ4v) is 3.46. The lowest BCUT2D eigenvalue weighted by Gasteiger charge is -2.41. The summed E-state index contributed by atoms with van der Waals surface area (Å²) in [5, 5.41) is 3.69. The lowest BCUT2D eigenvalue weighted by atomic mass is 9.87. The first-order chi connectivity index (χ1) is 9.18. The van der Waals surface area contributed by atoms with Crippen LogP contribution in [0.15, 0.2) is 0 Å². The number of rotatable bonds is 6. The maximum atomic E-state index is 5.44. The number of ether oxygens (including phenoxy) is 1. The molecule has 0 radical (unpaired) electrons. The predicted octanol–water partition coefficient (Wildman–Crippen LogP) is 2.66. The van der Waals surface area contributed by atoms with Gasteiger partial charge in [0.2, 0.25) is 0 Å². The van der Waals surface area contributed by atoms with Crippen molar-refractivity contribution in [2.75, 3.05) is 39.4 Å². The number of hydrogen-bond acceptors (Lipinski definition) is 3. The van der Waals surface area contributed by atoms with Crippen molar-refractivity contribution in [1.82, 2.24) is 10.2 Å². The van der Waals surface area contributed by atoms with E-state index >= 15 is 0 Å². The number of hydrogen-bond donors (Lipinski definition) is 1. The highest BCUT2D eigenvalue weighted by Crippen LogP contribution is 2.25. The predicted molar refractivity (Wildman–Crippen MR) is 80.5 cm³/mol. The van der Waals surface area contributed by atoms with Crippen molar-refractivity contribution in [2.45, 2.75) is 57.9 Å². The van der Waals surface area contributed by atoms with Gasteiger partial charge in [0.1, 0.15) is 0 Å².